The molecular weight excluding hydrogens is 751 g/mol. The predicted molar refractivity (Wildman–Crippen MR) is 222 cm³/mol. The lowest BCUT2D eigenvalue weighted by Crippen LogP contribution is -2.49. The van der Waals surface area contributed by atoms with Gasteiger partial charge in [-0.2, -0.15) is 0 Å². The smallest absolute Gasteiger partial charge is 0.361 e. The SMILES string of the molecule is C[N+](C)(C)CCOP(=O)(OCCCCCCCCCCCCCCCCCC[O-])c1ccc(CC2CN(CC(=O)O)CCN(CC(=O)O)CCN2CC(=O)O)cc1. The van der Waals surface area contributed by atoms with Gasteiger partial charge in [-0.1, -0.05) is 108 Å². The topological polar surface area (TPSA) is 180 Å². The van der Waals surface area contributed by atoms with Crippen molar-refractivity contribution in [2.24, 2.45) is 0 Å². The van der Waals surface area contributed by atoms with Crippen LogP contribution in [0.2, 0.25) is 0 Å². The lowest BCUT2D eigenvalue weighted by atomic mass is 10.0. The molecule has 15 heteroatoms. The number of benzene rings is 1. The maximum Gasteiger partial charge on any atom is 0.361 e. The summed E-state index contributed by atoms with van der Waals surface area (Å²) in [7, 11) is 2.48. The van der Waals surface area contributed by atoms with Gasteiger partial charge in [0.25, 0.3) is 0 Å². The molecule has 0 aliphatic carbocycles. The van der Waals surface area contributed by atoms with E-state index in [9.17, 15) is 39.4 Å². The number of quaternary nitrogens is 1. The quantitative estimate of drug-likeness (QED) is 0.0506. The largest absolute Gasteiger partial charge is 0.854 e. The molecule has 14 nitrogen and oxygen atoms in total. The molecule has 1 aromatic rings. The van der Waals surface area contributed by atoms with Crippen LogP contribution in [0.5, 0.6) is 0 Å². The van der Waals surface area contributed by atoms with Crippen molar-refractivity contribution in [1.29, 1.82) is 0 Å². The molecule has 3 N–H and O–H groups in total. The molecule has 0 radical (unpaired) electrons. The summed E-state index contributed by atoms with van der Waals surface area (Å²) in [6.45, 7) is 2.14. The number of carboxylic acid groups (broad SMARTS) is 3. The van der Waals surface area contributed by atoms with Crippen molar-refractivity contribution in [2.45, 2.75) is 115 Å². The van der Waals surface area contributed by atoms with Gasteiger partial charge in [-0.05, 0) is 30.5 Å². The minimum Gasteiger partial charge on any atom is -0.854 e. The Balaban J connectivity index is 1.94. The van der Waals surface area contributed by atoms with Gasteiger partial charge in [0.05, 0.1) is 52.7 Å². The van der Waals surface area contributed by atoms with Gasteiger partial charge in [0.1, 0.15) is 13.2 Å². The Morgan fingerprint density at radius 2 is 1.09 bits per heavy atom. The summed E-state index contributed by atoms with van der Waals surface area (Å²) < 4.78 is 27.0. The van der Waals surface area contributed by atoms with Crippen LogP contribution in [0.4, 0.5) is 0 Å². The van der Waals surface area contributed by atoms with Crippen LogP contribution in [-0.2, 0) is 34.4 Å². The fourth-order valence-corrected chi connectivity index (χ4v) is 8.76. The van der Waals surface area contributed by atoms with Crippen molar-refractivity contribution in [3.63, 3.8) is 0 Å². The minimum absolute atomic E-state index is 0.0643. The fraction of sp³-hybridized carbons (Fsp3) is 0.786. The van der Waals surface area contributed by atoms with Crippen LogP contribution in [0.3, 0.4) is 0 Å². The van der Waals surface area contributed by atoms with Gasteiger partial charge >= 0.3 is 25.5 Å². The van der Waals surface area contributed by atoms with E-state index in [0.717, 1.165) is 37.7 Å². The van der Waals surface area contributed by atoms with E-state index < -0.39 is 25.5 Å². The highest BCUT2D eigenvalue weighted by atomic mass is 31.2. The molecular formula is C42H75N4O10P. The molecule has 57 heavy (non-hydrogen) atoms. The fourth-order valence-electron chi connectivity index (χ4n) is 7.18. The summed E-state index contributed by atoms with van der Waals surface area (Å²) >= 11 is 0. The van der Waals surface area contributed by atoms with Gasteiger partial charge in [0.15, 0.2) is 0 Å². The third-order valence-electron chi connectivity index (χ3n) is 10.5. The first-order valence-corrected chi connectivity index (χ1v) is 23.0. The lowest BCUT2D eigenvalue weighted by molar-refractivity contribution is -0.870. The average Bonchev–Trinajstić information content (AvgIpc) is 3.20. The number of carbonyl (C=O) groups is 3. The molecule has 2 rings (SSSR count). The highest BCUT2D eigenvalue weighted by Gasteiger charge is 2.30. The standard InChI is InChI=1S/C42H75N4O10P/c1-46(2,3)28-31-56-57(54,55-30-19-17-15-13-11-9-7-5-4-6-8-10-12-14-16-18-29-47)39-22-20-37(21-23-39)32-38-33-44(35-41(50)51)25-24-43(34-40(48)49)26-27-45(38)36-42(52)53/h20-23,38H,4-19,24-36H2,1-3H3,(H,48,49)(H,50,51)(H,52,53). The van der Waals surface area contributed by atoms with Crippen molar-refractivity contribution in [1.82, 2.24) is 14.7 Å². The molecule has 2 unspecified atom stereocenters. The summed E-state index contributed by atoms with van der Waals surface area (Å²) in [5.74, 6) is -3.04. The zero-order chi connectivity index (χ0) is 41.9. The zero-order valence-corrected chi connectivity index (χ0v) is 36.2. The third-order valence-corrected chi connectivity index (χ3v) is 12.5. The van der Waals surface area contributed by atoms with Crippen molar-refractivity contribution >= 4 is 30.8 Å². The lowest BCUT2D eigenvalue weighted by Gasteiger charge is -2.33. The molecule has 0 saturated carbocycles. The van der Waals surface area contributed by atoms with Gasteiger partial charge in [0.2, 0.25) is 0 Å². The minimum atomic E-state index is -3.64. The highest BCUT2D eigenvalue weighted by Crippen LogP contribution is 2.47. The molecule has 328 valence electrons. The van der Waals surface area contributed by atoms with Crippen LogP contribution in [0, 0.1) is 0 Å². The Kier molecular flexibility index (Phi) is 25.7. The van der Waals surface area contributed by atoms with E-state index in [1.165, 1.54) is 70.6 Å². The van der Waals surface area contributed by atoms with E-state index >= 15 is 0 Å². The van der Waals surface area contributed by atoms with E-state index in [1.54, 1.807) is 26.8 Å². The average molecular weight is 827 g/mol. The number of nitrogens with zero attached hydrogens (tertiary/aromatic N) is 4. The van der Waals surface area contributed by atoms with Crippen molar-refractivity contribution in [3.05, 3.63) is 29.8 Å². The van der Waals surface area contributed by atoms with Crippen LogP contribution in [-0.4, -0.2) is 158 Å². The van der Waals surface area contributed by atoms with Crippen molar-refractivity contribution in [2.75, 3.05) is 99.9 Å². The number of aliphatic carboxylic acids is 3. The van der Waals surface area contributed by atoms with E-state index in [1.807, 2.05) is 33.3 Å². The van der Waals surface area contributed by atoms with Crippen LogP contribution >= 0.6 is 7.60 Å². The molecule has 1 aromatic carbocycles. The summed E-state index contributed by atoms with van der Waals surface area (Å²) in [5.41, 5.74) is 0.855. The molecule has 0 amide bonds. The molecule has 1 fully saturated rings. The maximum absolute atomic E-state index is 14.3. The second-order valence-electron chi connectivity index (χ2n) is 16.7. The first kappa shape index (κ1) is 50.7. The molecule has 1 heterocycles. The van der Waals surface area contributed by atoms with Crippen LogP contribution in [0.1, 0.15) is 108 Å². The third kappa shape index (κ3) is 24.3. The van der Waals surface area contributed by atoms with Crippen LogP contribution < -0.4 is 10.4 Å². The second kappa shape index (κ2) is 28.9. The summed E-state index contributed by atoms with van der Waals surface area (Å²) in [5, 5.41) is 39.7. The van der Waals surface area contributed by atoms with E-state index in [0.29, 0.717) is 55.5 Å². The Morgan fingerprint density at radius 3 is 1.58 bits per heavy atom. The first-order chi connectivity index (χ1) is 27.2. The van der Waals surface area contributed by atoms with Gasteiger partial charge < -0.3 is 29.4 Å². The van der Waals surface area contributed by atoms with Gasteiger partial charge in [-0.3, -0.25) is 38.2 Å². The maximum atomic E-state index is 14.3. The Morgan fingerprint density at radius 1 is 0.649 bits per heavy atom. The number of rotatable bonds is 32. The molecule has 1 aliphatic heterocycles. The van der Waals surface area contributed by atoms with Gasteiger partial charge in [-0.15, -0.1) is 6.61 Å². The summed E-state index contributed by atoms with van der Waals surface area (Å²) in [6.07, 6.45) is 19.2. The molecule has 0 bridgehead atoms. The second-order valence-corrected chi connectivity index (χ2v) is 18.8. The van der Waals surface area contributed by atoms with Gasteiger partial charge in [-0.25, -0.2) is 0 Å². The first-order valence-electron chi connectivity index (χ1n) is 21.4. The number of hydrogen-bond acceptors (Lipinski definition) is 10. The van der Waals surface area contributed by atoms with Crippen molar-refractivity contribution < 1.29 is 52.9 Å². The van der Waals surface area contributed by atoms with Crippen molar-refractivity contribution in [3.8, 4) is 0 Å². The van der Waals surface area contributed by atoms with Crippen LogP contribution in [0.15, 0.2) is 24.3 Å². The monoisotopic (exact) mass is 827 g/mol. The highest BCUT2D eigenvalue weighted by molar-refractivity contribution is 7.62. The number of hydrogen-bond donors (Lipinski definition) is 3. The number of unbranched alkanes of at least 4 members (excludes halogenated alkanes) is 15. The number of carboxylic acids is 3. The molecule has 1 saturated heterocycles. The van der Waals surface area contributed by atoms with E-state index in [4.69, 9.17) is 9.05 Å². The summed E-state index contributed by atoms with van der Waals surface area (Å²) in [4.78, 5) is 40.3. The zero-order valence-electron chi connectivity index (χ0n) is 35.3. The Bertz CT molecular complexity index is 1310. The Hall–Kier alpha value is -2.42. The Labute approximate surface area is 342 Å². The van der Waals surface area contributed by atoms with E-state index in [2.05, 4.69) is 0 Å². The van der Waals surface area contributed by atoms with Gasteiger partial charge in [0, 0.05) is 38.8 Å². The normalized spacial score (nSPS) is 17.4. The number of likely N-dealkylation sites (N-methyl/N-ethyl adjacent to an activating group) is 1. The molecule has 2 atom stereocenters. The molecule has 1 aliphatic rings. The van der Waals surface area contributed by atoms with E-state index in [-0.39, 0.29) is 45.4 Å². The predicted octanol–water partition coefficient (Wildman–Crippen LogP) is 4.93. The molecule has 0 aromatic heterocycles. The van der Waals surface area contributed by atoms with Crippen LogP contribution in [0.25, 0.3) is 0 Å². The molecule has 0 spiro atoms. The summed E-state index contributed by atoms with van der Waals surface area (Å²) in [6, 6.07) is 6.83.